The highest BCUT2D eigenvalue weighted by molar-refractivity contribution is 6.08. The Kier molecular flexibility index (Phi) is 7.44. The van der Waals surface area contributed by atoms with Gasteiger partial charge in [-0.15, -0.1) is 0 Å². The average Bonchev–Trinajstić information content (AvgIpc) is 3.38. The van der Waals surface area contributed by atoms with Gasteiger partial charge in [0.15, 0.2) is 0 Å². The van der Waals surface area contributed by atoms with Crippen molar-refractivity contribution in [2.75, 3.05) is 57.2 Å². The number of anilines is 2. The average molecular weight is 519 g/mol. The van der Waals surface area contributed by atoms with Gasteiger partial charge < -0.3 is 24.8 Å². The number of ether oxygens (including phenoxy) is 1. The highest BCUT2D eigenvalue weighted by atomic mass is 16.5. The smallest absolute Gasteiger partial charge is 0.259 e. The van der Waals surface area contributed by atoms with Crippen molar-refractivity contribution < 1.29 is 14.3 Å². The summed E-state index contributed by atoms with van der Waals surface area (Å²) in [5.41, 5.74) is 3.37. The minimum absolute atomic E-state index is 0.00653. The fourth-order valence-corrected chi connectivity index (χ4v) is 5.27. The maximum absolute atomic E-state index is 13.8. The zero-order chi connectivity index (χ0) is 26.8. The summed E-state index contributed by atoms with van der Waals surface area (Å²) in [7, 11) is 3.50. The second-order valence-corrected chi connectivity index (χ2v) is 10.2. The van der Waals surface area contributed by atoms with Gasteiger partial charge in [0.2, 0.25) is 11.5 Å². The maximum Gasteiger partial charge on any atom is 0.259 e. The number of nitrogens with zero attached hydrogens (tertiary/aromatic N) is 4. The molecule has 0 saturated carbocycles. The van der Waals surface area contributed by atoms with Crippen molar-refractivity contribution in [2.45, 2.75) is 32.4 Å². The number of carbonyl (C=O) groups is 2. The number of aromatic nitrogens is 2. The topological polar surface area (TPSA) is 111 Å². The Hall–Kier alpha value is -3.76. The number of hydrogen-bond donors (Lipinski definition) is 2. The van der Waals surface area contributed by atoms with Gasteiger partial charge in [0.25, 0.3) is 5.91 Å². The predicted molar refractivity (Wildman–Crippen MR) is 147 cm³/mol. The lowest BCUT2D eigenvalue weighted by molar-refractivity contribution is -0.129. The lowest BCUT2D eigenvalue weighted by atomic mass is 10.1. The molecular weight excluding hydrogens is 484 g/mol. The van der Waals surface area contributed by atoms with Crippen molar-refractivity contribution in [1.29, 1.82) is 0 Å². The number of morpholine rings is 1. The van der Waals surface area contributed by atoms with Gasteiger partial charge in [0, 0.05) is 69.1 Å². The van der Waals surface area contributed by atoms with E-state index in [1.807, 2.05) is 30.2 Å². The summed E-state index contributed by atoms with van der Waals surface area (Å²) >= 11 is 0. The number of benzene rings is 1. The molecule has 2 fully saturated rings. The molecule has 2 aliphatic heterocycles. The summed E-state index contributed by atoms with van der Waals surface area (Å²) in [4.78, 5) is 51.9. The SMILES string of the molecule is Cc1cc(=O)[nH]c2ccc(NC(=O)c3cc(CN4CCOCC4)cnc3N3CCCC3C(=O)N(C)C)cc12. The highest BCUT2D eigenvalue weighted by Crippen LogP contribution is 2.30. The fourth-order valence-electron chi connectivity index (χ4n) is 5.27. The van der Waals surface area contributed by atoms with E-state index in [1.165, 1.54) is 0 Å². The third-order valence-corrected chi connectivity index (χ3v) is 7.24. The second-order valence-electron chi connectivity index (χ2n) is 10.2. The molecule has 1 unspecified atom stereocenters. The summed E-state index contributed by atoms with van der Waals surface area (Å²) in [5.74, 6) is 0.236. The molecule has 3 aromatic rings. The monoisotopic (exact) mass is 518 g/mol. The van der Waals surface area contributed by atoms with Crippen molar-refractivity contribution in [3.63, 3.8) is 0 Å². The molecule has 2 N–H and O–H groups in total. The molecule has 1 atom stereocenters. The van der Waals surface area contributed by atoms with Crippen LogP contribution in [0.25, 0.3) is 10.9 Å². The number of fused-ring (bicyclic) bond motifs is 1. The van der Waals surface area contributed by atoms with Gasteiger partial charge in [-0.05, 0) is 55.2 Å². The molecule has 2 saturated heterocycles. The predicted octanol–water partition coefficient (Wildman–Crippen LogP) is 2.37. The van der Waals surface area contributed by atoms with Crippen molar-refractivity contribution in [1.82, 2.24) is 19.8 Å². The number of amides is 2. The van der Waals surface area contributed by atoms with Crippen LogP contribution in [0.4, 0.5) is 11.5 Å². The Morgan fingerprint density at radius 3 is 2.71 bits per heavy atom. The molecule has 0 radical (unpaired) electrons. The first-order chi connectivity index (χ1) is 18.3. The Labute approximate surface area is 221 Å². The Balaban J connectivity index is 1.48. The molecule has 0 spiro atoms. The summed E-state index contributed by atoms with van der Waals surface area (Å²) in [6.45, 7) is 6.22. The summed E-state index contributed by atoms with van der Waals surface area (Å²) < 4.78 is 5.47. The molecule has 2 aliphatic rings. The number of aryl methyl sites for hydroxylation is 1. The van der Waals surface area contributed by atoms with Crippen LogP contribution in [-0.4, -0.2) is 84.6 Å². The van der Waals surface area contributed by atoms with Crippen LogP contribution in [0.5, 0.6) is 0 Å². The van der Waals surface area contributed by atoms with E-state index in [2.05, 4.69) is 15.2 Å². The van der Waals surface area contributed by atoms with Gasteiger partial charge in [0.05, 0.1) is 18.8 Å². The summed E-state index contributed by atoms with van der Waals surface area (Å²) in [5, 5.41) is 3.89. The Morgan fingerprint density at radius 1 is 1.16 bits per heavy atom. The standard InChI is InChI=1S/C28H34N6O4/c1-18-13-25(35)31-23-7-6-20(15-21(18)23)30-27(36)22-14-19(17-33-9-11-38-12-10-33)16-29-26(22)34-8-4-5-24(34)28(37)32(2)3/h6-7,13-16,24H,4-5,8-12,17H2,1-3H3,(H,30,36)(H,31,35). The van der Waals surface area contributed by atoms with Gasteiger partial charge in [-0.3, -0.25) is 19.3 Å². The van der Waals surface area contributed by atoms with Crippen molar-refractivity contribution in [2.24, 2.45) is 0 Å². The molecule has 38 heavy (non-hydrogen) atoms. The quantitative estimate of drug-likeness (QED) is 0.516. The van der Waals surface area contributed by atoms with Crippen LogP contribution in [0.15, 0.2) is 41.3 Å². The van der Waals surface area contributed by atoms with Crippen LogP contribution in [0.2, 0.25) is 0 Å². The lowest BCUT2D eigenvalue weighted by Crippen LogP contribution is -2.43. The minimum Gasteiger partial charge on any atom is -0.379 e. The molecule has 200 valence electrons. The molecule has 2 aromatic heterocycles. The summed E-state index contributed by atoms with van der Waals surface area (Å²) in [6.07, 6.45) is 3.38. The molecule has 2 amide bonds. The second kappa shape index (κ2) is 10.9. The fraction of sp³-hybridized carbons (Fsp3) is 0.429. The van der Waals surface area contributed by atoms with E-state index >= 15 is 0 Å². The number of carbonyl (C=O) groups excluding carboxylic acids is 2. The summed E-state index contributed by atoms with van der Waals surface area (Å²) in [6, 6.07) is 8.51. The zero-order valence-corrected chi connectivity index (χ0v) is 22.1. The first kappa shape index (κ1) is 25.9. The van der Waals surface area contributed by atoms with Crippen LogP contribution in [0, 0.1) is 6.92 Å². The van der Waals surface area contributed by atoms with Crippen LogP contribution in [0.1, 0.15) is 34.3 Å². The van der Waals surface area contributed by atoms with Crippen molar-refractivity contribution in [3.05, 3.63) is 63.6 Å². The third-order valence-electron chi connectivity index (χ3n) is 7.24. The van der Waals surface area contributed by atoms with Crippen molar-refractivity contribution in [3.8, 4) is 0 Å². The maximum atomic E-state index is 13.8. The molecule has 1 aromatic carbocycles. The lowest BCUT2D eigenvalue weighted by Gasteiger charge is -2.29. The van der Waals surface area contributed by atoms with E-state index in [1.54, 1.807) is 37.2 Å². The van der Waals surface area contributed by atoms with Gasteiger partial charge >= 0.3 is 0 Å². The molecule has 10 heteroatoms. The molecule has 0 bridgehead atoms. The molecular formula is C28H34N6O4. The van der Waals surface area contributed by atoms with Crippen LogP contribution in [0.3, 0.4) is 0 Å². The van der Waals surface area contributed by atoms with E-state index in [9.17, 15) is 14.4 Å². The van der Waals surface area contributed by atoms with Crippen molar-refractivity contribution >= 4 is 34.2 Å². The third kappa shape index (κ3) is 5.41. The van der Waals surface area contributed by atoms with E-state index in [-0.39, 0.29) is 23.4 Å². The van der Waals surface area contributed by atoms with Gasteiger partial charge in [-0.2, -0.15) is 0 Å². The Bertz CT molecular complexity index is 1410. The van der Waals surface area contributed by atoms with E-state index in [4.69, 9.17) is 9.72 Å². The van der Waals surface area contributed by atoms with Crippen LogP contribution >= 0.6 is 0 Å². The molecule has 5 rings (SSSR count). The normalized spacial score (nSPS) is 18.1. The number of likely N-dealkylation sites (N-methyl/N-ethyl adjacent to an activating group) is 1. The largest absolute Gasteiger partial charge is 0.379 e. The van der Waals surface area contributed by atoms with Gasteiger partial charge in [0.1, 0.15) is 11.9 Å². The number of pyridine rings is 2. The van der Waals surface area contributed by atoms with E-state index in [0.717, 1.165) is 42.4 Å². The number of nitrogens with one attached hydrogen (secondary N) is 2. The minimum atomic E-state index is -0.353. The van der Waals surface area contributed by atoms with E-state index in [0.29, 0.717) is 48.9 Å². The van der Waals surface area contributed by atoms with E-state index < -0.39 is 0 Å². The zero-order valence-electron chi connectivity index (χ0n) is 22.1. The number of aromatic amines is 1. The highest BCUT2D eigenvalue weighted by Gasteiger charge is 2.35. The molecule has 4 heterocycles. The molecule has 10 nitrogen and oxygen atoms in total. The Morgan fingerprint density at radius 2 is 1.95 bits per heavy atom. The van der Waals surface area contributed by atoms with Crippen LogP contribution in [-0.2, 0) is 16.1 Å². The first-order valence-corrected chi connectivity index (χ1v) is 13.0. The number of hydrogen-bond acceptors (Lipinski definition) is 7. The number of rotatable bonds is 6. The van der Waals surface area contributed by atoms with Gasteiger partial charge in [-0.25, -0.2) is 4.98 Å². The first-order valence-electron chi connectivity index (χ1n) is 13.0. The molecule has 0 aliphatic carbocycles. The number of H-pyrrole nitrogens is 1. The van der Waals surface area contributed by atoms with Crippen LogP contribution < -0.4 is 15.8 Å². The van der Waals surface area contributed by atoms with Gasteiger partial charge in [-0.1, -0.05) is 0 Å².